The minimum atomic E-state index is -0.354. The number of amidine groups is 1. The first-order valence-corrected chi connectivity index (χ1v) is 15.8. The number of nitrogen functional groups attached to an aromatic ring is 1. The highest BCUT2D eigenvalue weighted by Gasteiger charge is 2.12. The molecule has 0 atom stereocenters. The summed E-state index contributed by atoms with van der Waals surface area (Å²) in [5.41, 5.74) is 10.7. The molecular formula is C39H47N5O2. The average Bonchev–Trinajstić information content (AvgIpc) is 3.07. The summed E-state index contributed by atoms with van der Waals surface area (Å²) in [6.07, 6.45) is 7.45. The van der Waals surface area contributed by atoms with Crippen LogP contribution in [0.25, 0.3) is 0 Å². The number of unbranched alkanes of at least 4 members (excludes halogenated alkanes) is 3. The predicted octanol–water partition coefficient (Wildman–Crippen LogP) is 8.94. The van der Waals surface area contributed by atoms with Crippen LogP contribution in [-0.2, 0) is 11.3 Å². The number of allylic oxidation sites excluding steroid dienone is 1. The van der Waals surface area contributed by atoms with Gasteiger partial charge in [-0.2, -0.15) is 0 Å². The lowest BCUT2D eigenvalue weighted by Gasteiger charge is -2.17. The zero-order valence-corrected chi connectivity index (χ0v) is 27.3. The Morgan fingerprint density at radius 2 is 1.41 bits per heavy atom. The Hall–Kier alpha value is -5.14. The molecule has 0 aliphatic carbocycles. The zero-order chi connectivity index (χ0) is 33.1. The highest BCUT2D eigenvalue weighted by Crippen LogP contribution is 2.24. The van der Waals surface area contributed by atoms with Gasteiger partial charge in [-0.25, -0.2) is 10.9 Å². The second-order valence-electron chi connectivity index (χ2n) is 11.0. The van der Waals surface area contributed by atoms with Gasteiger partial charge in [-0.15, -0.1) is 0 Å². The Bertz CT molecular complexity index is 1560. The molecule has 0 spiro atoms. The quantitative estimate of drug-likeness (QED) is 0.0203. The van der Waals surface area contributed by atoms with E-state index in [0.717, 1.165) is 27.5 Å². The van der Waals surface area contributed by atoms with Crippen molar-refractivity contribution in [1.82, 2.24) is 5.32 Å². The third-order valence-electron chi connectivity index (χ3n) is 6.92. The first kappa shape index (κ1) is 35.3. The Morgan fingerprint density at radius 3 is 2.02 bits per heavy atom. The molecular weight excluding hydrogens is 570 g/mol. The molecule has 4 aromatic carbocycles. The van der Waals surface area contributed by atoms with Crippen molar-refractivity contribution in [2.75, 3.05) is 10.7 Å². The highest BCUT2D eigenvalue weighted by atomic mass is 16.5. The Labute approximate surface area is 274 Å². The van der Waals surface area contributed by atoms with Crippen molar-refractivity contribution in [3.63, 3.8) is 0 Å². The van der Waals surface area contributed by atoms with Crippen molar-refractivity contribution in [3.8, 4) is 11.5 Å². The van der Waals surface area contributed by atoms with Gasteiger partial charge in [0.1, 0.15) is 17.3 Å². The second kappa shape index (κ2) is 19.3. The normalized spacial score (nSPS) is 11.2. The van der Waals surface area contributed by atoms with E-state index in [2.05, 4.69) is 25.7 Å². The number of hydrogen-bond acceptors (Lipinski definition) is 5. The molecule has 0 saturated heterocycles. The molecule has 4 rings (SSSR count). The standard InChI is InChI=1S/C33H33N5O2.C6H14/c1-24(22-32(39)38(35)27-17-19-29(20-18-27)40-28-13-7-4-8-14-28)21-25(2)37-33(30-15-9-10-16-31(30)34)36-23-26-11-5-3-6-12-26;1-3-5-6-4-2/h3-20,22H,2,21,23,34-35H2,1H3,(H,36,37);3-6H2,1-2H3/b24-22-;. The van der Waals surface area contributed by atoms with E-state index in [0.29, 0.717) is 41.6 Å². The minimum Gasteiger partial charge on any atom is -0.457 e. The lowest BCUT2D eigenvalue weighted by atomic mass is 10.1. The number of hydrogen-bond donors (Lipinski definition) is 3. The Morgan fingerprint density at radius 1 is 0.848 bits per heavy atom. The van der Waals surface area contributed by atoms with E-state index < -0.39 is 0 Å². The fraction of sp³-hybridized carbons (Fsp3) is 0.231. The summed E-state index contributed by atoms with van der Waals surface area (Å²) in [6, 6.07) is 34.0. The van der Waals surface area contributed by atoms with Gasteiger partial charge in [0.05, 0.1) is 12.2 Å². The number of hydrazine groups is 1. The largest absolute Gasteiger partial charge is 0.457 e. The Balaban J connectivity index is 0.000000875. The van der Waals surface area contributed by atoms with E-state index in [1.807, 2.05) is 91.9 Å². The molecule has 0 aromatic heterocycles. The first-order valence-electron chi connectivity index (χ1n) is 15.8. The van der Waals surface area contributed by atoms with Crippen molar-refractivity contribution >= 4 is 23.1 Å². The van der Waals surface area contributed by atoms with Gasteiger partial charge in [-0.1, -0.05) is 112 Å². The summed E-state index contributed by atoms with van der Waals surface area (Å²) >= 11 is 0. The van der Waals surface area contributed by atoms with Gasteiger partial charge in [0, 0.05) is 29.4 Å². The van der Waals surface area contributed by atoms with Crippen LogP contribution in [-0.4, -0.2) is 11.7 Å². The fourth-order valence-corrected chi connectivity index (χ4v) is 4.46. The number of para-hydroxylation sites is 2. The van der Waals surface area contributed by atoms with Crippen molar-refractivity contribution in [1.29, 1.82) is 0 Å². The predicted molar refractivity (Wildman–Crippen MR) is 193 cm³/mol. The number of nitrogens with two attached hydrogens (primary N) is 2. The molecule has 7 heteroatoms. The second-order valence-corrected chi connectivity index (χ2v) is 11.0. The molecule has 0 saturated carbocycles. The summed E-state index contributed by atoms with van der Waals surface area (Å²) < 4.78 is 5.80. The molecule has 0 unspecified atom stereocenters. The van der Waals surface area contributed by atoms with Crippen LogP contribution in [0.15, 0.2) is 138 Å². The van der Waals surface area contributed by atoms with Crippen LogP contribution in [0.2, 0.25) is 0 Å². The molecule has 0 radical (unpaired) electrons. The molecule has 46 heavy (non-hydrogen) atoms. The van der Waals surface area contributed by atoms with Crippen molar-refractivity contribution in [3.05, 3.63) is 144 Å². The van der Waals surface area contributed by atoms with E-state index in [4.69, 9.17) is 21.3 Å². The SMILES string of the molecule is C=C(C/C(C)=C\C(=O)N(N)c1ccc(Oc2ccccc2)cc1)NC(=NCc1ccccc1)c1ccccc1N.CCCCCC. The van der Waals surface area contributed by atoms with Gasteiger partial charge >= 0.3 is 0 Å². The maximum Gasteiger partial charge on any atom is 0.265 e. The van der Waals surface area contributed by atoms with Gasteiger partial charge in [0.25, 0.3) is 5.91 Å². The summed E-state index contributed by atoms with van der Waals surface area (Å²) in [7, 11) is 0. The van der Waals surface area contributed by atoms with E-state index in [1.54, 1.807) is 24.3 Å². The minimum absolute atomic E-state index is 0.354. The number of aliphatic imine (C=N–C) groups is 1. The molecule has 1 amide bonds. The maximum absolute atomic E-state index is 12.9. The number of carbonyl (C=O) groups is 1. The number of rotatable bonds is 13. The highest BCUT2D eigenvalue weighted by molar-refractivity contribution is 6.04. The molecule has 240 valence electrons. The lowest BCUT2D eigenvalue weighted by Crippen LogP contribution is -2.36. The molecule has 4 aromatic rings. The zero-order valence-electron chi connectivity index (χ0n) is 27.3. The van der Waals surface area contributed by atoms with Crippen LogP contribution in [0.4, 0.5) is 11.4 Å². The Kier molecular flexibility index (Phi) is 14.8. The summed E-state index contributed by atoms with van der Waals surface area (Å²) in [5.74, 6) is 7.75. The lowest BCUT2D eigenvalue weighted by molar-refractivity contribution is -0.114. The fourth-order valence-electron chi connectivity index (χ4n) is 4.46. The number of benzene rings is 4. The van der Waals surface area contributed by atoms with Crippen LogP contribution >= 0.6 is 0 Å². The molecule has 0 heterocycles. The van der Waals surface area contributed by atoms with E-state index in [9.17, 15) is 4.79 Å². The van der Waals surface area contributed by atoms with Gasteiger partial charge in [-0.05, 0) is 61.0 Å². The molecule has 0 fully saturated rings. The van der Waals surface area contributed by atoms with Crippen molar-refractivity contribution in [2.24, 2.45) is 10.8 Å². The smallest absolute Gasteiger partial charge is 0.265 e. The van der Waals surface area contributed by atoms with Crippen molar-refractivity contribution in [2.45, 2.75) is 59.4 Å². The van der Waals surface area contributed by atoms with Gasteiger partial charge in [-0.3, -0.25) is 9.79 Å². The van der Waals surface area contributed by atoms with E-state index in [1.165, 1.54) is 31.8 Å². The topological polar surface area (TPSA) is 106 Å². The van der Waals surface area contributed by atoms with Crippen LogP contribution in [0.5, 0.6) is 11.5 Å². The summed E-state index contributed by atoms with van der Waals surface area (Å²) in [5, 5.41) is 4.40. The third kappa shape index (κ3) is 12.1. The monoisotopic (exact) mass is 617 g/mol. The van der Waals surface area contributed by atoms with Gasteiger partial charge < -0.3 is 15.8 Å². The average molecular weight is 618 g/mol. The number of ether oxygens (including phenoxy) is 1. The van der Waals surface area contributed by atoms with Crippen LogP contribution < -0.4 is 26.6 Å². The van der Waals surface area contributed by atoms with Crippen LogP contribution in [0, 0.1) is 0 Å². The van der Waals surface area contributed by atoms with E-state index >= 15 is 0 Å². The third-order valence-corrected chi connectivity index (χ3v) is 6.92. The number of carbonyl (C=O) groups excluding carboxylic acids is 1. The number of nitrogens with zero attached hydrogens (tertiary/aromatic N) is 2. The van der Waals surface area contributed by atoms with Gasteiger partial charge in [0.2, 0.25) is 0 Å². The van der Waals surface area contributed by atoms with Crippen molar-refractivity contribution < 1.29 is 9.53 Å². The van der Waals surface area contributed by atoms with Crippen LogP contribution in [0.3, 0.4) is 0 Å². The summed E-state index contributed by atoms with van der Waals surface area (Å²) in [4.78, 5) is 17.6. The van der Waals surface area contributed by atoms with E-state index in [-0.39, 0.29) is 5.91 Å². The maximum atomic E-state index is 12.9. The number of nitrogens with one attached hydrogen (secondary N) is 1. The molecule has 0 aliphatic rings. The molecule has 0 bridgehead atoms. The molecule has 0 aliphatic heterocycles. The first-order chi connectivity index (χ1) is 22.3. The number of amides is 1. The van der Waals surface area contributed by atoms with Gasteiger partial charge in [0.15, 0.2) is 0 Å². The number of anilines is 2. The molecule has 5 N–H and O–H groups in total. The summed E-state index contributed by atoms with van der Waals surface area (Å²) in [6.45, 7) is 11.0. The van der Waals surface area contributed by atoms with Crippen LogP contribution in [0.1, 0.15) is 64.0 Å². The molecule has 7 nitrogen and oxygen atoms in total.